The van der Waals surface area contributed by atoms with Crippen LogP contribution in [0.2, 0.25) is 5.02 Å². The summed E-state index contributed by atoms with van der Waals surface area (Å²) in [5.41, 5.74) is 6.47. The van der Waals surface area contributed by atoms with Crippen LogP contribution in [0.3, 0.4) is 0 Å². The molecule has 4 nitrogen and oxygen atoms in total. The molecule has 0 aromatic heterocycles. The Labute approximate surface area is 112 Å². The average molecular weight is 269 g/mol. The Hall–Kier alpha value is -1.26. The standard InChI is InChI=1S/C13H17ClN2O2/c14-11-4-3-10(8-15)12(7-11)18-9-13(17)16-5-1-2-6-16/h3-4,7H,1-2,5-6,8-9,15H2. The Kier molecular flexibility index (Phi) is 4.44. The van der Waals surface area contributed by atoms with Crippen molar-refractivity contribution in [1.29, 1.82) is 0 Å². The van der Waals surface area contributed by atoms with Crippen LogP contribution in [0.1, 0.15) is 18.4 Å². The summed E-state index contributed by atoms with van der Waals surface area (Å²) < 4.78 is 5.53. The van der Waals surface area contributed by atoms with Crippen molar-refractivity contribution in [2.75, 3.05) is 19.7 Å². The fourth-order valence-corrected chi connectivity index (χ4v) is 2.19. The van der Waals surface area contributed by atoms with Gasteiger partial charge in [-0.05, 0) is 25.0 Å². The highest BCUT2D eigenvalue weighted by atomic mass is 35.5. The Bertz CT molecular complexity index is 431. The highest BCUT2D eigenvalue weighted by Gasteiger charge is 2.18. The van der Waals surface area contributed by atoms with Crippen LogP contribution >= 0.6 is 11.6 Å². The molecule has 2 rings (SSSR count). The zero-order chi connectivity index (χ0) is 13.0. The van der Waals surface area contributed by atoms with Gasteiger partial charge in [0.25, 0.3) is 5.91 Å². The van der Waals surface area contributed by atoms with Gasteiger partial charge in [0.15, 0.2) is 6.61 Å². The molecule has 98 valence electrons. The second kappa shape index (κ2) is 6.07. The number of nitrogens with zero attached hydrogens (tertiary/aromatic N) is 1. The van der Waals surface area contributed by atoms with E-state index in [0.717, 1.165) is 31.5 Å². The van der Waals surface area contributed by atoms with E-state index in [1.54, 1.807) is 12.1 Å². The van der Waals surface area contributed by atoms with E-state index < -0.39 is 0 Å². The number of hydrogen-bond acceptors (Lipinski definition) is 3. The van der Waals surface area contributed by atoms with Crippen molar-refractivity contribution < 1.29 is 9.53 Å². The summed E-state index contributed by atoms with van der Waals surface area (Å²) in [6, 6.07) is 5.28. The molecular formula is C13H17ClN2O2. The molecule has 1 heterocycles. The minimum atomic E-state index is 0.0236. The normalized spacial score (nSPS) is 14.9. The van der Waals surface area contributed by atoms with E-state index in [1.807, 2.05) is 11.0 Å². The number of hydrogen-bond donors (Lipinski definition) is 1. The molecule has 0 bridgehead atoms. The lowest BCUT2D eigenvalue weighted by Crippen LogP contribution is -2.32. The zero-order valence-electron chi connectivity index (χ0n) is 10.2. The Morgan fingerprint density at radius 1 is 1.39 bits per heavy atom. The van der Waals surface area contributed by atoms with Crippen LogP contribution in [-0.4, -0.2) is 30.5 Å². The predicted octanol–water partition coefficient (Wildman–Crippen LogP) is 1.80. The average Bonchev–Trinajstić information content (AvgIpc) is 2.90. The summed E-state index contributed by atoms with van der Waals surface area (Å²) >= 11 is 5.90. The molecule has 0 spiro atoms. The third-order valence-electron chi connectivity index (χ3n) is 3.06. The molecule has 1 fully saturated rings. The van der Waals surface area contributed by atoms with Crippen LogP contribution in [0.5, 0.6) is 5.75 Å². The van der Waals surface area contributed by atoms with Gasteiger partial charge in [0.05, 0.1) is 0 Å². The molecule has 1 aliphatic heterocycles. The minimum Gasteiger partial charge on any atom is -0.483 e. The van der Waals surface area contributed by atoms with Crippen LogP contribution in [-0.2, 0) is 11.3 Å². The van der Waals surface area contributed by atoms with Gasteiger partial charge < -0.3 is 15.4 Å². The maximum Gasteiger partial charge on any atom is 0.260 e. The van der Waals surface area contributed by atoms with Crippen LogP contribution < -0.4 is 10.5 Å². The smallest absolute Gasteiger partial charge is 0.260 e. The molecule has 1 amide bonds. The lowest BCUT2D eigenvalue weighted by atomic mass is 10.2. The van der Waals surface area contributed by atoms with E-state index in [1.165, 1.54) is 0 Å². The van der Waals surface area contributed by atoms with E-state index in [0.29, 0.717) is 17.3 Å². The van der Waals surface area contributed by atoms with Gasteiger partial charge in [-0.25, -0.2) is 0 Å². The van der Waals surface area contributed by atoms with Gasteiger partial charge in [0, 0.05) is 30.2 Å². The van der Waals surface area contributed by atoms with Crippen LogP contribution in [0.25, 0.3) is 0 Å². The van der Waals surface area contributed by atoms with E-state index in [9.17, 15) is 4.79 Å². The van der Waals surface area contributed by atoms with Gasteiger partial charge in [-0.1, -0.05) is 17.7 Å². The first-order chi connectivity index (χ1) is 8.70. The Morgan fingerprint density at radius 3 is 2.78 bits per heavy atom. The second-order valence-electron chi connectivity index (χ2n) is 4.33. The van der Waals surface area contributed by atoms with Crippen molar-refractivity contribution in [3.8, 4) is 5.75 Å². The largest absolute Gasteiger partial charge is 0.483 e. The maximum atomic E-state index is 11.8. The third kappa shape index (κ3) is 3.15. The molecule has 0 aliphatic carbocycles. The second-order valence-corrected chi connectivity index (χ2v) is 4.77. The summed E-state index contributed by atoms with van der Waals surface area (Å²) in [6.45, 7) is 2.08. The van der Waals surface area contributed by atoms with E-state index in [4.69, 9.17) is 22.1 Å². The summed E-state index contributed by atoms with van der Waals surface area (Å²) in [5, 5.41) is 0.579. The minimum absolute atomic E-state index is 0.0236. The van der Waals surface area contributed by atoms with Crippen molar-refractivity contribution in [2.45, 2.75) is 19.4 Å². The number of benzene rings is 1. The van der Waals surface area contributed by atoms with Crippen molar-refractivity contribution in [3.05, 3.63) is 28.8 Å². The molecule has 0 saturated carbocycles. The quantitative estimate of drug-likeness (QED) is 0.906. The molecule has 1 saturated heterocycles. The highest BCUT2D eigenvalue weighted by molar-refractivity contribution is 6.30. The fourth-order valence-electron chi connectivity index (χ4n) is 2.03. The number of amides is 1. The maximum absolute atomic E-state index is 11.8. The van der Waals surface area contributed by atoms with Gasteiger partial charge in [0.2, 0.25) is 0 Å². The van der Waals surface area contributed by atoms with Crippen molar-refractivity contribution >= 4 is 17.5 Å². The molecule has 1 aliphatic rings. The van der Waals surface area contributed by atoms with Crippen LogP contribution in [0.15, 0.2) is 18.2 Å². The number of carbonyl (C=O) groups excluding carboxylic acids is 1. The predicted molar refractivity (Wildman–Crippen MR) is 70.7 cm³/mol. The molecule has 0 atom stereocenters. The van der Waals surface area contributed by atoms with E-state index in [-0.39, 0.29) is 12.5 Å². The van der Waals surface area contributed by atoms with Crippen LogP contribution in [0.4, 0.5) is 0 Å². The van der Waals surface area contributed by atoms with Crippen LogP contribution in [0, 0.1) is 0 Å². The van der Waals surface area contributed by atoms with Gasteiger partial charge in [-0.3, -0.25) is 4.79 Å². The molecule has 1 aromatic rings. The Balaban J connectivity index is 1.96. The summed E-state index contributed by atoms with van der Waals surface area (Å²) in [6.07, 6.45) is 2.16. The number of carbonyl (C=O) groups is 1. The zero-order valence-corrected chi connectivity index (χ0v) is 10.9. The molecule has 0 unspecified atom stereocenters. The Morgan fingerprint density at radius 2 is 2.11 bits per heavy atom. The molecule has 5 heteroatoms. The van der Waals surface area contributed by atoms with Gasteiger partial charge in [-0.15, -0.1) is 0 Å². The van der Waals surface area contributed by atoms with Crippen molar-refractivity contribution in [3.63, 3.8) is 0 Å². The first kappa shape index (κ1) is 13.2. The lowest BCUT2D eigenvalue weighted by molar-refractivity contribution is -0.132. The van der Waals surface area contributed by atoms with Crippen molar-refractivity contribution in [2.24, 2.45) is 5.73 Å². The molecule has 1 aromatic carbocycles. The molecular weight excluding hydrogens is 252 g/mol. The van der Waals surface area contributed by atoms with E-state index >= 15 is 0 Å². The number of likely N-dealkylation sites (tertiary alicyclic amines) is 1. The number of rotatable bonds is 4. The first-order valence-electron chi connectivity index (χ1n) is 6.10. The monoisotopic (exact) mass is 268 g/mol. The van der Waals surface area contributed by atoms with Crippen molar-refractivity contribution in [1.82, 2.24) is 4.90 Å². The summed E-state index contributed by atoms with van der Waals surface area (Å²) in [4.78, 5) is 13.7. The van der Waals surface area contributed by atoms with E-state index in [2.05, 4.69) is 0 Å². The summed E-state index contributed by atoms with van der Waals surface area (Å²) in [5.74, 6) is 0.619. The SMILES string of the molecule is NCc1ccc(Cl)cc1OCC(=O)N1CCCC1. The number of halogens is 1. The highest BCUT2D eigenvalue weighted by Crippen LogP contribution is 2.23. The third-order valence-corrected chi connectivity index (χ3v) is 3.29. The topological polar surface area (TPSA) is 55.6 Å². The number of ether oxygens (including phenoxy) is 1. The summed E-state index contributed by atoms with van der Waals surface area (Å²) in [7, 11) is 0. The van der Waals surface area contributed by atoms with Gasteiger partial charge >= 0.3 is 0 Å². The lowest BCUT2D eigenvalue weighted by Gasteiger charge is -2.16. The molecule has 0 radical (unpaired) electrons. The number of nitrogens with two attached hydrogens (primary N) is 1. The van der Waals surface area contributed by atoms with Gasteiger partial charge in [-0.2, -0.15) is 0 Å². The molecule has 2 N–H and O–H groups in total. The van der Waals surface area contributed by atoms with Gasteiger partial charge in [0.1, 0.15) is 5.75 Å². The fraction of sp³-hybridized carbons (Fsp3) is 0.462. The first-order valence-corrected chi connectivity index (χ1v) is 6.47. The molecule has 18 heavy (non-hydrogen) atoms.